The number of nitrogens with zero attached hydrogens (tertiary/aromatic N) is 2. The van der Waals surface area contributed by atoms with E-state index in [1.165, 1.54) is 6.42 Å². The molecule has 35 heavy (non-hydrogen) atoms. The van der Waals surface area contributed by atoms with Crippen LogP contribution < -0.4 is 0 Å². The van der Waals surface area contributed by atoms with Gasteiger partial charge in [0, 0.05) is 25.7 Å². The van der Waals surface area contributed by atoms with Gasteiger partial charge in [-0.1, -0.05) is 50.5 Å². The smallest absolute Gasteiger partial charge is 0.313 e. The summed E-state index contributed by atoms with van der Waals surface area (Å²) in [5.41, 5.74) is -2.21. The number of hydrogen-bond donors (Lipinski definition) is 1. The van der Waals surface area contributed by atoms with Crippen LogP contribution in [0.25, 0.3) is 0 Å². The van der Waals surface area contributed by atoms with E-state index >= 15 is 0 Å². The number of aliphatic hydroxyl groups excluding tert-OH is 1. The number of likely N-dealkylation sites (tertiary alicyclic amines) is 1. The summed E-state index contributed by atoms with van der Waals surface area (Å²) in [6, 6.07) is -0.665. The van der Waals surface area contributed by atoms with Crippen molar-refractivity contribution in [2.24, 2.45) is 11.8 Å². The van der Waals surface area contributed by atoms with E-state index in [1.54, 1.807) is 4.90 Å². The molecule has 1 spiro atoms. The SMILES string of the molecule is CC[C@@]12C=CCCOC(=O)[C@@H]1[C@H]1C(=O)N(CCCCO)C3C(=O)N(C4CCCCC4)CC=C[C@@]31O2. The molecule has 1 N–H and O–H groups in total. The normalized spacial score (nSPS) is 37.4. The van der Waals surface area contributed by atoms with Crippen LogP contribution in [-0.4, -0.2) is 82.3 Å². The number of fused-ring (bicyclic) bond motifs is 2. The second-order valence-electron chi connectivity index (χ2n) is 10.6. The van der Waals surface area contributed by atoms with Crippen molar-refractivity contribution < 1.29 is 29.0 Å². The van der Waals surface area contributed by atoms with Crippen LogP contribution in [0.4, 0.5) is 0 Å². The molecule has 4 heterocycles. The predicted octanol–water partition coefficient (Wildman–Crippen LogP) is 2.35. The van der Waals surface area contributed by atoms with Gasteiger partial charge >= 0.3 is 5.97 Å². The summed E-state index contributed by atoms with van der Waals surface area (Å²) in [5, 5.41) is 9.34. The third kappa shape index (κ3) is 3.84. The molecule has 192 valence electrons. The molecule has 2 saturated heterocycles. The van der Waals surface area contributed by atoms with E-state index in [0.29, 0.717) is 38.8 Å². The molecule has 5 rings (SSSR count). The molecule has 8 nitrogen and oxygen atoms in total. The maximum Gasteiger partial charge on any atom is 0.313 e. The summed E-state index contributed by atoms with van der Waals surface area (Å²) in [4.78, 5) is 45.3. The zero-order valence-electron chi connectivity index (χ0n) is 20.7. The van der Waals surface area contributed by atoms with E-state index in [4.69, 9.17) is 9.47 Å². The number of cyclic esters (lactones) is 1. The van der Waals surface area contributed by atoms with Crippen molar-refractivity contribution in [1.82, 2.24) is 9.80 Å². The summed E-state index contributed by atoms with van der Waals surface area (Å²) < 4.78 is 12.5. The third-order valence-electron chi connectivity index (χ3n) is 8.76. The largest absolute Gasteiger partial charge is 0.465 e. The van der Waals surface area contributed by atoms with E-state index < -0.39 is 35.0 Å². The van der Waals surface area contributed by atoms with Gasteiger partial charge < -0.3 is 24.4 Å². The number of amides is 2. The van der Waals surface area contributed by atoms with Gasteiger partial charge in [0.05, 0.1) is 12.5 Å². The molecular formula is C27H38N2O6. The molecule has 0 aromatic rings. The van der Waals surface area contributed by atoms with Crippen molar-refractivity contribution in [3.63, 3.8) is 0 Å². The summed E-state index contributed by atoms with van der Waals surface area (Å²) in [5.74, 6) is -2.34. The molecule has 3 fully saturated rings. The Morgan fingerprint density at radius 1 is 1.03 bits per heavy atom. The quantitative estimate of drug-likeness (QED) is 0.352. The van der Waals surface area contributed by atoms with Crippen molar-refractivity contribution in [2.45, 2.75) is 88.0 Å². The fourth-order valence-electron chi connectivity index (χ4n) is 7.10. The second-order valence-corrected chi connectivity index (χ2v) is 10.6. The van der Waals surface area contributed by atoms with Gasteiger partial charge in [0.2, 0.25) is 11.8 Å². The maximum absolute atomic E-state index is 14.3. The van der Waals surface area contributed by atoms with Crippen LogP contribution >= 0.6 is 0 Å². The molecule has 5 aliphatic rings. The Labute approximate surface area is 207 Å². The van der Waals surface area contributed by atoms with Crippen molar-refractivity contribution in [3.8, 4) is 0 Å². The molecule has 1 unspecified atom stereocenters. The fourth-order valence-corrected chi connectivity index (χ4v) is 7.10. The Morgan fingerprint density at radius 2 is 1.83 bits per heavy atom. The first-order valence-electron chi connectivity index (χ1n) is 13.4. The molecule has 5 atom stereocenters. The Morgan fingerprint density at radius 3 is 2.57 bits per heavy atom. The van der Waals surface area contributed by atoms with Gasteiger partial charge in [0.1, 0.15) is 23.2 Å². The standard InChI is InChI=1S/C27H38N2O6/c1-2-26-13-6-9-18-34-25(33)21(26)20-23(31)29(15-7-8-17-30)22-24(32)28(19-11-4-3-5-12-19)16-10-14-27(20,22)35-26/h6,10,13-14,19-22,30H,2-5,7-9,11-12,15-18H2,1H3/t20-,21-,22?,26+,27-/m0/s1. The topological polar surface area (TPSA) is 96.4 Å². The van der Waals surface area contributed by atoms with E-state index in [2.05, 4.69) is 0 Å². The highest BCUT2D eigenvalue weighted by molar-refractivity contribution is 5.99. The van der Waals surface area contributed by atoms with Gasteiger partial charge in [0.25, 0.3) is 0 Å². The van der Waals surface area contributed by atoms with Crippen LogP contribution in [0.15, 0.2) is 24.3 Å². The van der Waals surface area contributed by atoms with Gasteiger partial charge in [0.15, 0.2) is 0 Å². The molecule has 2 amide bonds. The lowest BCUT2D eigenvalue weighted by Gasteiger charge is -2.40. The molecular weight excluding hydrogens is 448 g/mol. The Hall–Kier alpha value is -2.19. The summed E-state index contributed by atoms with van der Waals surface area (Å²) in [6.07, 6.45) is 15.3. The van der Waals surface area contributed by atoms with Gasteiger partial charge in [-0.25, -0.2) is 0 Å². The first-order valence-corrected chi connectivity index (χ1v) is 13.4. The molecule has 0 bridgehead atoms. The molecule has 0 aromatic heterocycles. The Kier molecular flexibility index (Phi) is 6.79. The highest BCUT2D eigenvalue weighted by Gasteiger charge is 2.75. The fraction of sp³-hybridized carbons (Fsp3) is 0.741. The summed E-state index contributed by atoms with van der Waals surface area (Å²) in [7, 11) is 0. The number of rotatable bonds is 6. The zero-order chi connectivity index (χ0) is 24.6. The number of aliphatic hydroxyl groups is 1. The molecule has 1 aliphatic carbocycles. The molecule has 0 radical (unpaired) electrons. The maximum atomic E-state index is 14.3. The number of carbonyl (C=O) groups excluding carboxylic acids is 3. The minimum absolute atomic E-state index is 0.0263. The van der Waals surface area contributed by atoms with Crippen LogP contribution in [0.2, 0.25) is 0 Å². The highest BCUT2D eigenvalue weighted by Crippen LogP contribution is 2.58. The number of ether oxygens (including phenoxy) is 2. The van der Waals surface area contributed by atoms with Gasteiger partial charge in [-0.15, -0.1) is 0 Å². The lowest BCUT2D eigenvalue weighted by Crippen LogP contribution is -2.58. The van der Waals surface area contributed by atoms with Crippen LogP contribution in [0.3, 0.4) is 0 Å². The van der Waals surface area contributed by atoms with Gasteiger partial charge in [-0.2, -0.15) is 0 Å². The summed E-state index contributed by atoms with van der Waals surface area (Å²) in [6.45, 7) is 3.09. The number of unbranched alkanes of at least 4 members (excludes halogenated alkanes) is 1. The lowest BCUT2D eigenvalue weighted by molar-refractivity contribution is -0.162. The van der Waals surface area contributed by atoms with Crippen LogP contribution in [-0.2, 0) is 23.9 Å². The van der Waals surface area contributed by atoms with Crippen LogP contribution in [0.5, 0.6) is 0 Å². The van der Waals surface area contributed by atoms with E-state index in [9.17, 15) is 19.5 Å². The van der Waals surface area contributed by atoms with E-state index in [-0.39, 0.29) is 31.1 Å². The average Bonchev–Trinajstić information content (AvgIpc) is 3.20. The van der Waals surface area contributed by atoms with Gasteiger partial charge in [-0.05, 0) is 38.5 Å². The van der Waals surface area contributed by atoms with Crippen LogP contribution in [0, 0.1) is 11.8 Å². The lowest BCUT2D eigenvalue weighted by atomic mass is 9.73. The minimum Gasteiger partial charge on any atom is -0.465 e. The molecule has 8 heteroatoms. The second kappa shape index (κ2) is 9.69. The Bertz CT molecular complexity index is 911. The Balaban J connectivity index is 1.60. The van der Waals surface area contributed by atoms with Gasteiger partial charge in [-0.3, -0.25) is 14.4 Å². The number of hydrogen-bond acceptors (Lipinski definition) is 6. The third-order valence-corrected chi connectivity index (χ3v) is 8.76. The molecule has 4 aliphatic heterocycles. The first kappa shape index (κ1) is 24.5. The first-order chi connectivity index (χ1) is 17.0. The van der Waals surface area contributed by atoms with Crippen molar-refractivity contribution in [2.75, 3.05) is 26.3 Å². The number of esters is 1. The van der Waals surface area contributed by atoms with Crippen molar-refractivity contribution in [3.05, 3.63) is 24.3 Å². The number of carbonyl (C=O) groups is 3. The predicted molar refractivity (Wildman–Crippen MR) is 128 cm³/mol. The zero-order valence-corrected chi connectivity index (χ0v) is 20.7. The van der Waals surface area contributed by atoms with Crippen LogP contribution in [0.1, 0.15) is 64.7 Å². The van der Waals surface area contributed by atoms with E-state index in [1.807, 2.05) is 36.1 Å². The summed E-state index contributed by atoms with van der Waals surface area (Å²) >= 11 is 0. The highest BCUT2D eigenvalue weighted by atomic mass is 16.6. The van der Waals surface area contributed by atoms with Crippen molar-refractivity contribution in [1.29, 1.82) is 0 Å². The van der Waals surface area contributed by atoms with E-state index in [0.717, 1.165) is 25.7 Å². The molecule has 0 aromatic carbocycles. The van der Waals surface area contributed by atoms with Crippen molar-refractivity contribution >= 4 is 17.8 Å². The minimum atomic E-state index is -1.22. The average molecular weight is 487 g/mol. The monoisotopic (exact) mass is 486 g/mol. The molecule has 1 saturated carbocycles.